The Bertz CT molecular complexity index is 275. The van der Waals surface area contributed by atoms with Crippen molar-refractivity contribution in [2.75, 3.05) is 0 Å². The van der Waals surface area contributed by atoms with Crippen molar-refractivity contribution in [2.45, 2.75) is 110 Å². The second-order valence-electron chi connectivity index (χ2n) is 7.35. The third-order valence-electron chi connectivity index (χ3n) is 5.46. The van der Waals surface area contributed by atoms with Crippen LogP contribution in [-0.4, -0.2) is 11.1 Å². The largest absolute Gasteiger partial charge is 0.481 e. The monoisotopic (exact) mass is 310 g/mol. The van der Waals surface area contributed by atoms with Crippen molar-refractivity contribution < 1.29 is 9.90 Å². The van der Waals surface area contributed by atoms with Gasteiger partial charge in [-0.3, -0.25) is 4.79 Å². The van der Waals surface area contributed by atoms with Gasteiger partial charge in [-0.2, -0.15) is 0 Å². The highest BCUT2D eigenvalue weighted by atomic mass is 16.4. The van der Waals surface area contributed by atoms with Gasteiger partial charge in [-0.05, 0) is 18.3 Å². The molecule has 130 valence electrons. The third-order valence-corrected chi connectivity index (χ3v) is 5.46. The lowest BCUT2D eigenvalue weighted by atomic mass is 9.86. The van der Waals surface area contributed by atoms with E-state index >= 15 is 0 Å². The third kappa shape index (κ3) is 9.48. The molecule has 0 saturated heterocycles. The lowest BCUT2D eigenvalue weighted by molar-refractivity contribution is -0.137. The molecular formula is C20H38O2. The van der Waals surface area contributed by atoms with Gasteiger partial charge in [0.25, 0.3) is 0 Å². The average molecular weight is 311 g/mol. The van der Waals surface area contributed by atoms with Crippen molar-refractivity contribution in [3.63, 3.8) is 0 Å². The molecule has 0 bridgehead atoms. The predicted molar refractivity (Wildman–Crippen MR) is 94.2 cm³/mol. The molecule has 2 heteroatoms. The van der Waals surface area contributed by atoms with Crippen LogP contribution in [0.4, 0.5) is 0 Å². The van der Waals surface area contributed by atoms with E-state index in [-0.39, 0.29) is 0 Å². The van der Waals surface area contributed by atoms with Crippen LogP contribution >= 0.6 is 0 Å². The number of unbranched alkanes of at least 4 members (excludes halogenated alkanes) is 8. The molecule has 1 rings (SSSR count). The maximum Gasteiger partial charge on any atom is 0.303 e. The topological polar surface area (TPSA) is 37.3 Å². The van der Waals surface area contributed by atoms with Gasteiger partial charge >= 0.3 is 5.97 Å². The van der Waals surface area contributed by atoms with Crippen molar-refractivity contribution in [1.29, 1.82) is 0 Å². The molecule has 2 atom stereocenters. The number of hydrogen-bond acceptors (Lipinski definition) is 1. The first kappa shape index (κ1) is 19.5. The van der Waals surface area contributed by atoms with Crippen molar-refractivity contribution in [3.05, 3.63) is 0 Å². The quantitative estimate of drug-likeness (QED) is 0.368. The Morgan fingerprint density at radius 1 is 0.818 bits per heavy atom. The molecule has 1 aliphatic rings. The standard InChI is InChI=1S/C20H38O2/c1-2-3-4-5-6-9-13-18-15-12-16-19(18)14-10-7-8-11-17-20(21)22/h18-19H,2-17H2,1H3,(H,21,22)/t18-,19+/m0/s1. The lowest BCUT2D eigenvalue weighted by Gasteiger charge is -2.19. The van der Waals surface area contributed by atoms with Crippen LogP contribution < -0.4 is 0 Å². The maximum atomic E-state index is 10.5. The molecule has 0 aromatic rings. The first-order chi connectivity index (χ1) is 10.7. The van der Waals surface area contributed by atoms with Gasteiger partial charge in [0.1, 0.15) is 0 Å². The zero-order chi connectivity index (χ0) is 16.0. The first-order valence-electron chi connectivity index (χ1n) is 9.95. The van der Waals surface area contributed by atoms with Crippen LogP contribution in [0.3, 0.4) is 0 Å². The summed E-state index contributed by atoms with van der Waals surface area (Å²) in [6.45, 7) is 2.28. The minimum atomic E-state index is -0.644. The molecule has 0 unspecified atom stereocenters. The van der Waals surface area contributed by atoms with Crippen LogP contribution in [0.5, 0.6) is 0 Å². The maximum absolute atomic E-state index is 10.5. The Labute approximate surface area is 138 Å². The molecule has 0 aromatic carbocycles. The molecule has 0 heterocycles. The molecule has 2 nitrogen and oxygen atoms in total. The summed E-state index contributed by atoms with van der Waals surface area (Å²) in [6.07, 6.45) is 20.6. The fraction of sp³-hybridized carbons (Fsp3) is 0.950. The van der Waals surface area contributed by atoms with Crippen LogP contribution in [-0.2, 0) is 4.79 Å². The van der Waals surface area contributed by atoms with Crippen LogP contribution in [0.25, 0.3) is 0 Å². The van der Waals surface area contributed by atoms with Gasteiger partial charge < -0.3 is 5.11 Å². The fourth-order valence-corrected chi connectivity index (χ4v) is 4.10. The summed E-state index contributed by atoms with van der Waals surface area (Å²) in [4.78, 5) is 10.5. The van der Waals surface area contributed by atoms with Gasteiger partial charge in [0.05, 0.1) is 0 Å². The minimum Gasteiger partial charge on any atom is -0.481 e. The summed E-state index contributed by atoms with van der Waals surface area (Å²) >= 11 is 0. The Kier molecular flexibility index (Phi) is 11.5. The van der Waals surface area contributed by atoms with Gasteiger partial charge in [0.15, 0.2) is 0 Å². The van der Waals surface area contributed by atoms with Crippen molar-refractivity contribution in [1.82, 2.24) is 0 Å². The van der Waals surface area contributed by atoms with Gasteiger partial charge in [-0.1, -0.05) is 96.8 Å². The van der Waals surface area contributed by atoms with E-state index in [0.29, 0.717) is 6.42 Å². The first-order valence-corrected chi connectivity index (χ1v) is 9.95. The van der Waals surface area contributed by atoms with E-state index in [2.05, 4.69) is 6.92 Å². The van der Waals surface area contributed by atoms with Crippen molar-refractivity contribution in [2.24, 2.45) is 11.8 Å². The molecule has 0 aromatic heterocycles. The second-order valence-corrected chi connectivity index (χ2v) is 7.35. The number of hydrogen-bond donors (Lipinski definition) is 1. The fourth-order valence-electron chi connectivity index (χ4n) is 4.10. The number of carboxylic acid groups (broad SMARTS) is 1. The van der Waals surface area contributed by atoms with Crippen LogP contribution in [0, 0.1) is 11.8 Å². The smallest absolute Gasteiger partial charge is 0.303 e. The molecule has 1 fully saturated rings. The molecule has 22 heavy (non-hydrogen) atoms. The molecule has 1 aliphatic carbocycles. The van der Waals surface area contributed by atoms with Crippen LogP contribution in [0.2, 0.25) is 0 Å². The van der Waals surface area contributed by atoms with E-state index < -0.39 is 5.97 Å². The molecular weight excluding hydrogens is 272 g/mol. The normalized spacial score (nSPS) is 21.3. The zero-order valence-corrected chi connectivity index (χ0v) is 14.8. The summed E-state index contributed by atoms with van der Waals surface area (Å²) in [7, 11) is 0. The number of rotatable bonds is 14. The van der Waals surface area contributed by atoms with Crippen LogP contribution in [0.1, 0.15) is 110 Å². The second kappa shape index (κ2) is 13.0. The highest BCUT2D eigenvalue weighted by molar-refractivity contribution is 5.66. The molecule has 0 aliphatic heterocycles. The summed E-state index contributed by atoms with van der Waals surface area (Å²) in [5.41, 5.74) is 0. The van der Waals surface area contributed by atoms with Gasteiger partial charge in [0.2, 0.25) is 0 Å². The van der Waals surface area contributed by atoms with Crippen molar-refractivity contribution in [3.8, 4) is 0 Å². The van der Waals surface area contributed by atoms with E-state index in [1.165, 1.54) is 83.5 Å². The summed E-state index contributed by atoms with van der Waals surface area (Å²) in [5.74, 6) is 1.34. The SMILES string of the molecule is CCCCCCCC[C@H]1CCC[C@H]1CCCCCCC(=O)O. The highest BCUT2D eigenvalue weighted by Gasteiger charge is 2.25. The Morgan fingerprint density at radius 2 is 1.32 bits per heavy atom. The van der Waals surface area contributed by atoms with Crippen molar-refractivity contribution >= 4 is 5.97 Å². The van der Waals surface area contributed by atoms with E-state index in [4.69, 9.17) is 5.11 Å². The van der Waals surface area contributed by atoms with E-state index in [9.17, 15) is 4.79 Å². The van der Waals surface area contributed by atoms with Gasteiger partial charge in [-0.25, -0.2) is 0 Å². The van der Waals surface area contributed by atoms with Gasteiger partial charge in [-0.15, -0.1) is 0 Å². The average Bonchev–Trinajstić information content (AvgIpc) is 2.93. The van der Waals surface area contributed by atoms with Crippen LogP contribution in [0.15, 0.2) is 0 Å². The Morgan fingerprint density at radius 3 is 1.86 bits per heavy atom. The predicted octanol–water partition coefficient (Wildman–Crippen LogP) is 6.58. The van der Waals surface area contributed by atoms with Gasteiger partial charge in [0, 0.05) is 6.42 Å². The minimum absolute atomic E-state index is 0.351. The summed E-state index contributed by atoms with van der Waals surface area (Å²) in [5, 5.41) is 8.63. The van der Waals surface area contributed by atoms with E-state index in [0.717, 1.165) is 24.7 Å². The summed E-state index contributed by atoms with van der Waals surface area (Å²) in [6, 6.07) is 0. The van der Waals surface area contributed by atoms with E-state index in [1.54, 1.807) is 0 Å². The zero-order valence-electron chi connectivity index (χ0n) is 14.8. The Hall–Kier alpha value is -0.530. The highest BCUT2D eigenvalue weighted by Crippen LogP contribution is 2.38. The number of carboxylic acids is 1. The molecule has 1 N–H and O–H groups in total. The molecule has 1 saturated carbocycles. The number of carbonyl (C=O) groups is 1. The Balaban J connectivity index is 1.99. The lowest BCUT2D eigenvalue weighted by Crippen LogP contribution is -2.08. The van der Waals surface area contributed by atoms with E-state index in [1.807, 2.05) is 0 Å². The molecule has 0 radical (unpaired) electrons. The summed E-state index contributed by atoms with van der Waals surface area (Å²) < 4.78 is 0. The number of aliphatic carboxylic acids is 1. The molecule has 0 spiro atoms. The molecule has 0 amide bonds.